The molecule has 3 heteroatoms. The van der Waals surface area contributed by atoms with Crippen LogP contribution in [0.5, 0.6) is 0 Å². The number of hydrogen-bond donors (Lipinski definition) is 0. The van der Waals surface area contributed by atoms with E-state index in [1.165, 1.54) is 22.3 Å². The zero-order chi connectivity index (χ0) is 26.6. The van der Waals surface area contributed by atoms with Gasteiger partial charge in [-0.1, -0.05) is 0 Å². The Labute approximate surface area is 234 Å². The van der Waals surface area contributed by atoms with Crippen LogP contribution >= 0.6 is 17.0 Å². The molecule has 0 amide bonds. The quantitative estimate of drug-likeness (QED) is 0.215. The molecule has 38 heavy (non-hydrogen) atoms. The predicted octanol–water partition coefficient (Wildman–Crippen LogP) is 10.1. The van der Waals surface area contributed by atoms with Gasteiger partial charge < -0.3 is 0 Å². The number of fused-ring (bicyclic) bond motifs is 3. The van der Waals surface area contributed by atoms with Gasteiger partial charge in [0, 0.05) is 0 Å². The van der Waals surface area contributed by atoms with Crippen LogP contribution in [0.15, 0.2) is 133 Å². The Bertz CT molecular complexity index is 1550. The van der Waals surface area contributed by atoms with Gasteiger partial charge in [-0.3, -0.25) is 0 Å². The molecule has 0 atom stereocenters. The number of hydrogen-bond acceptors (Lipinski definition) is 0. The van der Waals surface area contributed by atoms with E-state index in [9.17, 15) is 0 Å². The van der Waals surface area contributed by atoms with Crippen molar-refractivity contribution in [3.63, 3.8) is 0 Å². The molecule has 0 aliphatic heterocycles. The Kier molecular flexibility index (Phi) is 6.23. The maximum atomic E-state index is 8.77. The summed E-state index contributed by atoms with van der Waals surface area (Å²) in [6.45, 7) is 7.00. The summed E-state index contributed by atoms with van der Waals surface area (Å²) < 4.78 is 0.419. The van der Waals surface area contributed by atoms with E-state index in [1.54, 1.807) is 0 Å². The Hall–Kier alpha value is -2.31. The molecule has 0 fully saturated rings. The normalized spacial score (nSPS) is 16.4. The van der Waals surface area contributed by atoms with E-state index in [0.717, 1.165) is 14.3 Å². The zero-order valence-electron chi connectivity index (χ0n) is 22.0. The molecule has 0 aromatic heterocycles. The van der Waals surface area contributed by atoms with Crippen molar-refractivity contribution in [1.82, 2.24) is 0 Å². The zero-order valence-corrected chi connectivity index (χ0v) is 26.0. The van der Waals surface area contributed by atoms with Crippen LogP contribution in [0.3, 0.4) is 0 Å². The second-order valence-electron chi connectivity index (χ2n) is 11.6. The van der Waals surface area contributed by atoms with Gasteiger partial charge in [0.25, 0.3) is 0 Å². The molecule has 0 radical (unpaired) electrons. The SMILES string of the molecule is CC(C)(C)[C]1([Zr]([Cl])([Cl])(=[C](c2ccccc2)c2ccccc2)[CH]2C=CC=C2)c2ccccc2-c2ccccc21. The van der Waals surface area contributed by atoms with Crippen LogP contribution in [0.4, 0.5) is 0 Å². The molecule has 0 saturated carbocycles. The van der Waals surface area contributed by atoms with Crippen molar-refractivity contribution in [3.05, 3.63) is 156 Å². The molecule has 0 nitrogen and oxygen atoms in total. The van der Waals surface area contributed by atoms with Crippen molar-refractivity contribution < 1.29 is 15.9 Å². The van der Waals surface area contributed by atoms with Gasteiger partial charge in [-0.05, 0) is 0 Å². The van der Waals surface area contributed by atoms with Crippen LogP contribution < -0.4 is 0 Å². The van der Waals surface area contributed by atoms with Gasteiger partial charge in [-0.2, -0.15) is 0 Å². The summed E-state index contributed by atoms with van der Waals surface area (Å²) >= 11 is -5.49. The van der Waals surface area contributed by atoms with E-state index < -0.39 is 19.0 Å². The number of rotatable bonds is 4. The van der Waals surface area contributed by atoms with Crippen molar-refractivity contribution >= 4 is 20.2 Å². The van der Waals surface area contributed by atoms with Gasteiger partial charge in [0.2, 0.25) is 0 Å². The first-order valence-corrected chi connectivity index (χ1v) is 23.5. The molecule has 4 aromatic carbocycles. The predicted molar refractivity (Wildman–Crippen MR) is 162 cm³/mol. The Morgan fingerprint density at radius 2 is 1.00 bits per heavy atom. The average Bonchev–Trinajstić information content (AvgIpc) is 3.57. The van der Waals surface area contributed by atoms with Crippen LogP contribution in [-0.2, 0) is 19.0 Å². The minimum absolute atomic E-state index is 0.0892. The first-order valence-electron chi connectivity index (χ1n) is 13.3. The van der Waals surface area contributed by atoms with Crippen LogP contribution in [0.1, 0.15) is 43.0 Å². The Morgan fingerprint density at radius 3 is 1.42 bits per heavy atom. The standard InChI is InChI=1S/C17H17.C13H10.C5H5.2ClH.Zr/c1-17(2,3)16-14-10-6-4-8-12(14)13-9-5-7-11-15(13)16;1-3-7-12(8-4-1)11-13-9-5-2-6-10-13;1-2-4-5-3-1;;;/h4-11H,1-3H3;1-10H;1-5H;2*1H;/q;;;;;+2/p-2. The fraction of sp³-hybridized carbons (Fsp3) is 0.171. The van der Waals surface area contributed by atoms with Gasteiger partial charge >= 0.3 is 236 Å². The summed E-state index contributed by atoms with van der Waals surface area (Å²) in [5.74, 6) is 0. The van der Waals surface area contributed by atoms with E-state index in [0.29, 0.717) is 0 Å². The summed E-state index contributed by atoms with van der Waals surface area (Å²) in [5.41, 5.74) is 6.90. The van der Waals surface area contributed by atoms with E-state index in [2.05, 4.69) is 154 Å². The topological polar surface area (TPSA) is 0 Å². The number of halogens is 2. The number of allylic oxidation sites excluding steroid dienone is 4. The molecular formula is C35H32Cl2Zr. The van der Waals surface area contributed by atoms with Gasteiger partial charge in [0.05, 0.1) is 0 Å². The first-order chi connectivity index (χ1) is 18.2. The Balaban J connectivity index is 1.97. The summed E-state index contributed by atoms with van der Waals surface area (Å²) in [5, 5.41) is 0. The monoisotopic (exact) mass is 612 g/mol. The van der Waals surface area contributed by atoms with Gasteiger partial charge in [-0.25, -0.2) is 0 Å². The Morgan fingerprint density at radius 1 is 0.605 bits per heavy atom. The van der Waals surface area contributed by atoms with Crippen molar-refractivity contribution in [3.8, 4) is 11.1 Å². The number of benzene rings is 4. The summed E-state index contributed by atoms with van der Waals surface area (Å²) in [6, 6.07) is 38.9. The molecule has 4 aromatic rings. The van der Waals surface area contributed by atoms with Crippen LogP contribution in [0, 0.1) is 5.41 Å². The van der Waals surface area contributed by atoms with E-state index in [-0.39, 0.29) is 9.04 Å². The van der Waals surface area contributed by atoms with Crippen molar-refractivity contribution in [2.45, 2.75) is 27.5 Å². The molecule has 2 aliphatic carbocycles. The molecule has 0 N–H and O–H groups in total. The molecule has 0 bridgehead atoms. The molecule has 6 rings (SSSR count). The van der Waals surface area contributed by atoms with E-state index in [4.69, 9.17) is 17.0 Å². The molecule has 0 saturated heterocycles. The third kappa shape index (κ3) is 3.35. The van der Waals surface area contributed by atoms with Crippen LogP contribution in [0.25, 0.3) is 11.1 Å². The fourth-order valence-electron chi connectivity index (χ4n) is 7.50. The van der Waals surface area contributed by atoms with Crippen molar-refractivity contribution in [1.29, 1.82) is 0 Å². The first kappa shape index (κ1) is 25.9. The third-order valence-electron chi connectivity index (χ3n) is 8.68. The van der Waals surface area contributed by atoms with E-state index >= 15 is 0 Å². The molecule has 190 valence electrons. The van der Waals surface area contributed by atoms with Crippen LogP contribution in [-0.4, -0.2) is 3.21 Å². The van der Waals surface area contributed by atoms with Crippen LogP contribution in [0.2, 0.25) is 3.63 Å². The summed E-state index contributed by atoms with van der Waals surface area (Å²) in [6.07, 6.45) is 8.77. The molecule has 0 spiro atoms. The van der Waals surface area contributed by atoms with Gasteiger partial charge in [0.15, 0.2) is 0 Å². The molecule has 0 heterocycles. The second-order valence-corrected chi connectivity index (χ2v) is 32.0. The second kappa shape index (κ2) is 9.13. The summed E-state index contributed by atoms with van der Waals surface area (Å²) in [4.78, 5) is 0. The average molecular weight is 615 g/mol. The van der Waals surface area contributed by atoms with Crippen molar-refractivity contribution in [2.75, 3.05) is 0 Å². The third-order valence-corrected chi connectivity index (χ3v) is 31.3. The molecule has 0 unspecified atom stereocenters. The van der Waals surface area contributed by atoms with Crippen molar-refractivity contribution in [2.24, 2.45) is 5.41 Å². The fourth-order valence-corrected chi connectivity index (χ4v) is 33.0. The summed E-state index contributed by atoms with van der Waals surface area (Å²) in [7, 11) is 17.5. The maximum absolute atomic E-state index is 8.77. The minimum atomic E-state index is -5.49. The molecular weight excluding hydrogens is 583 g/mol. The van der Waals surface area contributed by atoms with Gasteiger partial charge in [-0.15, -0.1) is 0 Å². The van der Waals surface area contributed by atoms with E-state index in [1.807, 2.05) is 0 Å². The van der Waals surface area contributed by atoms with Gasteiger partial charge in [0.1, 0.15) is 0 Å². The molecule has 2 aliphatic rings.